The summed E-state index contributed by atoms with van der Waals surface area (Å²) in [6.07, 6.45) is 6.66. The number of rotatable bonds is 2. The van der Waals surface area contributed by atoms with Crippen LogP contribution in [0.3, 0.4) is 0 Å². The van der Waals surface area contributed by atoms with Crippen LogP contribution >= 0.6 is 24.8 Å². The fourth-order valence-electron chi connectivity index (χ4n) is 2.47. The summed E-state index contributed by atoms with van der Waals surface area (Å²) >= 11 is 9.20. The Labute approximate surface area is 108 Å². The first-order valence-electron chi connectivity index (χ1n) is 5.81. The first kappa shape index (κ1) is 11.9. The highest BCUT2D eigenvalue weighted by Gasteiger charge is 2.16. The van der Waals surface area contributed by atoms with Crippen molar-refractivity contribution in [2.75, 3.05) is 5.73 Å². The lowest BCUT2D eigenvalue weighted by Crippen LogP contribution is -2.06. The number of thiol groups is 1. The monoisotopic (exact) mass is 251 g/mol. The van der Waals surface area contributed by atoms with Gasteiger partial charge in [-0.25, -0.2) is 0 Å². The lowest BCUT2D eigenvalue weighted by molar-refractivity contribution is 0.444. The van der Waals surface area contributed by atoms with Crippen LogP contribution < -0.4 is 5.73 Å². The molecule has 16 heavy (non-hydrogen) atoms. The van der Waals surface area contributed by atoms with E-state index in [1.54, 1.807) is 0 Å². The third-order valence-electron chi connectivity index (χ3n) is 3.38. The number of benzene rings is 1. The highest BCUT2D eigenvalue weighted by Crippen LogP contribution is 2.34. The number of nitrogens with two attached hydrogens (primary N) is 1. The lowest BCUT2D eigenvalue weighted by Gasteiger charge is -2.22. The van der Waals surface area contributed by atoms with E-state index in [2.05, 4.69) is 24.8 Å². The van der Waals surface area contributed by atoms with Gasteiger partial charge < -0.3 is 5.73 Å². The molecule has 1 saturated carbocycles. The zero-order chi connectivity index (χ0) is 11.5. The minimum absolute atomic E-state index is 0.577. The quantitative estimate of drug-likeness (QED) is 0.473. The molecule has 0 saturated heterocycles. The minimum Gasteiger partial charge on any atom is -0.398 e. The van der Waals surface area contributed by atoms with E-state index in [-0.39, 0.29) is 0 Å². The summed E-state index contributed by atoms with van der Waals surface area (Å²) in [5.74, 6) is 0.693. The van der Waals surface area contributed by atoms with Gasteiger partial charge in [0.1, 0.15) is 0 Å². The van der Waals surface area contributed by atoms with Crippen molar-refractivity contribution in [2.24, 2.45) is 0 Å². The van der Waals surface area contributed by atoms with E-state index in [1.807, 2.05) is 6.07 Å². The molecule has 0 amide bonds. The Morgan fingerprint density at radius 2 is 1.94 bits per heavy atom. The molecular weight excluding hydrogens is 234 g/mol. The summed E-state index contributed by atoms with van der Waals surface area (Å²) in [5, 5.41) is 0. The molecule has 1 aliphatic rings. The maximum atomic E-state index is 5.99. The van der Waals surface area contributed by atoms with Crippen molar-refractivity contribution < 1.29 is 0 Å². The summed E-state index contributed by atoms with van der Waals surface area (Å²) in [7, 11) is 0. The normalized spacial score (nSPS) is 17.3. The van der Waals surface area contributed by atoms with E-state index in [0.717, 1.165) is 11.3 Å². The van der Waals surface area contributed by atoms with Crippen LogP contribution in [0.1, 0.15) is 49.1 Å². The van der Waals surface area contributed by atoms with Crippen molar-refractivity contribution in [3.8, 4) is 0 Å². The van der Waals surface area contributed by atoms with E-state index in [9.17, 15) is 0 Å². The maximum absolute atomic E-state index is 5.99. The summed E-state index contributed by atoms with van der Waals surface area (Å²) in [6.45, 7) is 0. The van der Waals surface area contributed by atoms with E-state index in [1.165, 1.54) is 37.7 Å². The molecular formula is C13H17NS2. The lowest BCUT2D eigenvalue weighted by atomic mass is 9.84. The SMILES string of the molecule is Nc1cc(C2CCCCC2)ccc1C(=S)S. The van der Waals surface area contributed by atoms with Crippen molar-refractivity contribution in [3.63, 3.8) is 0 Å². The molecule has 1 aliphatic carbocycles. The van der Waals surface area contributed by atoms with E-state index in [0.29, 0.717) is 10.1 Å². The molecule has 0 unspecified atom stereocenters. The van der Waals surface area contributed by atoms with Crippen molar-refractivity contribution in [2.45, 2.75) is 38.0 Å². The van der Waals surface area contributed by atoms with Crippen LogP contribution in [-0.2, 0) is 0 Å². The molecule has 0 atom stereocenters. The van der Waals surface area contributed by atoms with Crippen molar-refractivity contribution in [1.29, 1.82) is 0 Å². The van der Waals surface area contributed by atoms with Gasteiger partial charge in [-0.3, -0.25) is 0 Å². The average molecular weight is 251 g/mol. The fourth-order valence-corrected chi connectivity index (χ4v) is 2.86. The van der Waals surface area contributed by atoms with Crippen LogP contribution in [0, 0.1) is 0 Å². The van der Waals surface area contributed by atoms with Gasteiger partial charge in [0.25, 0.3) is 0 Å². The molecule has 2 rings (SSSR count). The second kappa shape index (κ2) is 5.19. The smallest absolute Gasteiger partial charge is 0.0768 e. The van der Waals surface area contributed by atoms with Crippen molar-refractivity contribution >= 4 is 34.7 Å². The highest BCUT2D eigenvalue weighted by atomic mass is 32.1. The molecule has 0 bridgehead atoms. The van der Waals surface area contributed by atoms with Crippen molar-refractivity contribution in [1.82, 2.24) is 0 Å². The summed E-state index contributed by atoms with van der Waals surface area (Å²) in [4.78, 5) is 0. The number of hydrogen-bond acceptors (Lipinski definition) is 2. The number of hydrogen-bond donors (Lipinski definition) is 2. The largest absolute Gasteiger partial charge is 0.398 e. The molecule has 1 aromatic rings. The van der Waals surface area contributed by atoms with Gasteiger partial charge in [0, 0.05) is 11.3 Å². The molecule has 1 aromatic carbocycles. The van der Waals surface area contributed by atoms with Crippen LogP contribution in [0.2, 0.25) is 0 Å². The predicted octanol–water partition coefficient (Wildman–Crippen LogP) is 3.92. The molecule has 86 valence electrons. The number of anilines is 1. The third kappa shape index (κ3) is 2.58. The molecule has 1 fully saturated rings. The van der Waals surface area contributed by atoms with E-state index in [4.69, 9.17) is 18.0 Å². The van der Waals surface area contributed by atoms with Gasteiger partial charge >= 0.3 is 0 Å². The van der Waals surface area contributed by atoms with E-state index < -0.39 is 0 Å². The Morgan fingerprint density at radius 1 is 1.25 bits per heavy atom. The minimum atomic E-state index is 0.577. The highest BCUT2D eigenvalue weighted by molar-refractivity contribution is 8.11. The molecule has 0 aliphatic heterocycles. The van der Waals surface area contributed by atoms with Crippen LogP contribution in [0.5, 0.6) is 0 Å². The summed E-state index contributed by atoms with van der Waals surface area (Å²) in [6, 6.07) is 6.24. The van der Waals surface area contributed by atoms with Gasteiger partial charge in [0.15, 0.2) is 0 Å². The molecule has 0 heterocycles. The van der Waals surface area contributed by atoms with Gasteiger partial charge in [0.2, 0.25) is 0 Å². The molecule has 0 radical (unpaired) electrons. The third-order valence-corrected chi connectivity index (χ3v) is 3.84. The van der Waals surface area contributed by atoms with E-state index >= 15 is 0 Å². The van der Waals surface area contributed by atoms with Gasteiger partial charge in [-0.2, -0.15) is 0 Å². The average Bonchev–Trinajstić information content (AvgIpc) is 2.29. The maximum Gasteiger partial charge on any atom is 0.0768 e. The Balaban J connectivity index is 2.23. The fraction of sp³-hybridized carbons (Fsp3) is 0.462. The second-order valence-corrected chi connectivity index (χ2v) is 5.64. The van der Waals surface area contributed by atoms with Crippen LogP contribution in [0.4, 0.5) is 5.69 Å². The van der Waals surface area contributed by atoms with Gasteiger partial charge in [-0.1, -0.05) is 43.6 Å². The second-order valence-electron chi connectivity index (χ2n) is 4.49. The molecule has 2 N–H and O–H groups in total. The van der Waals surface area contributed by atoms with Crippen LogP contribution in [0.25, 0.3) is 0 Å². The Bertz CT molecular complexity index is 395. The Hall–Kier alpha value is -0.540. The number of thiocarbonyl (C=S) groups is 1. The molecule has 1 nitrogen and oxygen atoms in total. The standard InChI is InChI=1S/C13H17NS2/c14-12-8-10(6-7-11(12)13(15)16)9-4-2-1-3-5-9/h6-9H,1-5,14H2,(H,15,16). The molecule has 0 aromatic heterocycles. The van der Waals surface area contributed by atoms with Gasteiger partial charge in [0.05, 0.1) is 4.20 Å². The number of nitrogen functional groups attached to an aromatic ring is 1. The predicted molar refractivity (Wildman–Crippen MR) is 77.4 cm³/mol. The van der Waals surface area contributed by atoms with Crippen LogP contribution in [-0.4, -0.2) is 4.20 Å². The topological polar surface area (TPSA) is 26.0 Å². The first-order valence-corrected chi connectivity index (χ1v) is 6.67. The molecule has 0 spiro atoms. The Morgan fingerprint density at radius 3 is 2.50 bits per heavy atom. The zero-order valence-electron chi connectivity index (χ0n) is 9.28. The van der Waals surface area contributed by atoms with Gasteiger partial charge in [-0.15, -0.1) is 12.6 Å². The summed E-state index contributed by atoms with van der Waals surface area (Å²) < 4.78 is 0.577. The zero-order valence-corrected chi connectivity index (χ0v) is 11.0. The van der Waals surface area contributed by atoms with Crippen molar-refractivity contribution in [3.05, 3.63) is 29.3 Å². The summed E-state index contributed by atoms with van der Waals surface area (Å²) in [5.41, 5.74) is 9.01. The Kier molecular flexibility index (Phi) is 3.87. The van der Waals surface area contributed by atoms with Crippen LogP contribution in [0.15, 0.2) is 18.2 Å². The molecule has 3 heteroatoms. The first-order chi connectivity index (χ1) is 7.68. The van der Waals surface area contributed by atoms with Gasteiger partial charge in [-0.05, 0) is 30.4 Å².